The molecule has 2 aliphatic rings. The van der Waals surface area contributed by atoms with Gasteiger partial charge in [-0.15, -0.1) is 0 Å². The summed E-state index contributed by atoms with van der Waals surface area (Å²) in [5.74, 6) is 0.738. The number of ether oxygens (including phenoxy) is 1. The van der Waals surface area contributed by atoms with Crippen molar-refractivity contribution in [1.82, 2.24) is 10.6 Å². The van der Waals surface area contributed by atoms with Crippen molar-refractivity contribution in [2.45, 2.75) is 50.7 Å². The summed E-state index contributed by atoms with van der Waals surface area (Å²) in [6.45, 7) is 2.04. The third kappa shape index (κ3) is 4.79. The maximum Gasteiger partial charge on any atom is 0.250 e. The molecule has 2 fully saturated rings. The van der Waals surface area contributed by atoms with Gasteiger partial charge in [-0.05, 0) is 17.9 Å². The Labute approximate surface area is 139 Å². The summed E-state index contributed by atoms with van der Waals surface area (Å²) in [6.07, 6.45) is 7.28. The summed E-state index contributed by atoms with van der Waals surface area (Å²) in [5, 5.41) is 6.47. The third-order valence-corrected chi connectivity index (χ3v) is 5.03. The van der Waals surface area contributed by atoms with Crippen molar-refractivity contribution < 1.29 is 9.53 Å². The summed E-state index contributed by atoms with van der Waals surface area (Å²) < 4.78 is 5.59. The van der Waals surface area contributed by atoms with Crippen LogP contribution in [0.15, 0.2) is 30.3 Å². The first-order valence-corrected chi connectivity index (χ1v) is 9.00. The van der Waals surface area contributed by atoms with Crippen LogP contribution in [0, 0.1) is 5.92 Å². The normalized spacial score (nSPS) is 24.1. The van der Waals surface area contributed by atoms with Gasteiger partial charge in [-0.2, -0.15) is 0 Å². The number of rotatable bonds is 5. The van der Waals surface area contributed by atoms with E-state index in [4.69, 9.17) is 4.74 Å². The van der Waals surface area contributed by atoms with Gasteiger partial charge in [0.2, 0.25) is 0 Å². The van der Waals surface area contributed by atoms with Crippen molar-refractivity contribution in [2.24, 2.45) is 5.92 Å². The number of carbonyl (C=O) groups excluding carboxylic acids is 1. The maximum absolute atomic E-state index is 12.5. The second-order valence-corrected chi connectivity index (χ2v) is 6.78. The Morgan fingerprint density at radius 1 is 1.22 bits per heavy atom. The van der Waals surface area contributed by atoms with E-state index in [0.717, 1.165) is 18.9 Å². The Morgan fingerprint density at radius 3 is 2.70 bits per heavy atom. The highest BCUT2D eigenvalue weighted by atomic mass is 16.5. The fourth-order valence-corrected chi connectivity index (χ4v) is 3.72. The van der Waals surface area contributed by atoms with E-state index in [2.05, 4.69) is 22.8 Å². The van der Waals surface area contributed by atoms with Crippen LogP contribution in [0.4, 0.5) is 0 Å². The monoisotopic (exact) mass is 316 g/mol. The molecule has 2 N–H and O–H groups in total. The molecule has 0 spiro atoms. The zero-order valence-electron chi connectivity index (χ0n) is 13.8. The van der Waals surface area contributed by atoms with Crippen LogP contribution in [0.25, 0.3) is 0 Å². The van der Waals surface area contributed by atoms with Crippen molar-refractivity contribution in [2.75, 3.05) is 19.7 Å². The molecule has 1 aliphatic heterocycles. The first-order chi connectivity index (χ1) is 11.3. The molecule has 2 unspecified atom stereocenters. The zero-order chi connectivity index (χ0) is 15.9. The summed E-state index contributed by atoms with van der Waals surface area (Å²) >= 11 is 0. The lowest BCUT2D eigenvalue weighted by Crippen LogP contribution is -2.48. The number of nitrogens with one attached hydrogen (secondary N) is 2. The average molecular weight is 316 g/mol. The van der Waals surface area contributed by atoms with Crippen LogP contribution in [0.1, 0.15) is 50.1 Å². The second-order valence-electron chi connectivity index (χ2n) is 6.78. The van der Waals surface area contributed by atoms with Crippen LogP contribution in [0.5, 0.6) is 0 Å². The van der Waals surface area contributed by atoms with Crippen LogP contribution >= 0.6 is 0 Å². The smallest absolute Gasteiger partial charge is 0.250 e. The standard InChI is InChI=1S/C19H28N2O2/c22-19(18-14-20-11-12-23-18)21-17(16-9-5-2-6-10-16)13-15-7-3-1-4-8-15/h2,5-6,9-10,15,17-18,20H,1,3-4,7-8,11-14H2,(H,21,22). The summed E-state index contributed by atoms with van der Waals surface area (Å²) in [6, 6.07) is 10.5. The minimum absolute atomic E-state index is 0.0156. The number of hydrogen-bond acceptors (Lipinski definition) is 3. The number of benzene rings is 1. The van der Waals surface area contributed by atoms with Gasteiger partial charge < -0.3 is 15.4 Å². The molecule has 0 bridgehead atoms. The van der Waals surface area contributed by atoms with E-state index < -0.39 is 0 Å². The quantitative estimate of drug-likeness (QED) is 0.878. The van der Waals surface area contributed by atoms with E-state index in [1.807, 2.05) is 18.2 Å². The summed E-state index contributed by atoms with van der Waals surface area (Å²) in [7, 11) is 0. The number of carbonyl (C=O) groups is 1. The van der Waals surface area contributed by atoms with Crippen molar-refractivity contribution >= 4 is 5.91 Å². The molecule has 0 aromatic heterocycles. The van der Waals surface area contributed by atoms with Crippen LogP contribution in [0.3, 0.4) is 0 Å². The minimum Gasteiger partial charge on any atom is -0.366 e. The van der Waals surface area contributed by atoms with E-state index in [1.54, 1.807) is 0 Å². The van der Waals surface area contributed by atoms with Gasteiger partial charge in [0.25, 0.3) is 5.91 Å². The highest BCUT2D eigenvalue weighted by Crippen LogP contribution is 2.32. The summed E-state index contributed by atoms with van der Waals surface area (Å²) in [4.78, 5) is 12.5. The van der Waals surface area contributed by atoms with E-state index in [-0.39, 0.29) is 18.1 Å². The Hall–Kier alpha value is -1.39. The Bertz CT molecular complexity index is 479. The molecule has 3 rings (SSSR count). The van der Waals surface area contributed by atoms with E-state index in [0.29, 0.717) is 13.2 Å². The van der Waals surface area contributed by atoms with Gasteiger partial charge in [0.1, 0.15) is 6.10 Å². The molecule has 1 aliphatic carbocycles. The number of morpholine rings is 1. The molecule has 1 aromatic carbocycles. The van der Waals surface area contributed by atoms with Crippen molar-refractivity contribution in [3.05, 3.63) is 35.9 Å². The Balaban J connectivity index is 1.65. The Kier molecular flexibility index (Phi) is 6.06. The molecular formula is C19H28N2O2. The van der Waals surface area contributed by atoms with Crippen LogP contribution in [-0.4, -0.2) is 31.7 Å². The highest BCUT2D eigenvalue weighted by Gasteiger charge is 2.26. The first-order valence-electron chi connectivity index (χ1n) is 9.00. The lowest BCUT2D eigenvalue weighted by Gasteiger charge is -2.30. The lowest BCUT2D eigenvalue weighted by molar-refractivity contribution is -0.135. The molecule has 4 nitrogen and oxygen atoms in total. The molecule has 1 amide bonds. The molecule has 4 heteroatoms. The van der Waals surface area contributed by atoms with Gasteiger partial charge in [0.15, 0.2) is 0 Å². The van der Waals surface area contributed by atoms with Gasteiger partial charge in [-0.25, -0.2) is 0 Å². The van der Waals surface area contributed by atoms with Crippen LogP contribution in [0.2, 0.25) is 0 Å². The van der Waals surface area contributed by atoms with Gasteiger partial charge in [-0.3, -0.25) is 4.79 Å². The molecule has 2 atom stereocenters. The fourth-order valence-electron chi connectivity index (χ4n) is 3.72. The topological polar surface area (TPSA) is 50.4 Å². The average Bonchev–Trinajstić information content (AvgIpc) is 2.63. The van der Waals surface area contributed by atoms with Gasteiger partial charge in [-0.1, -0.05) is 62.4 Å². The van der Waals surface area contributed by atoms with E-state index >= 15 is 0 Å². The minimum atomic E-state index is -0.360. The molecule has 1 aromatic rings. The van der Waals surface area contributed by atoms with Crippen molar-refractivity contribution in [3.63, 3.8) is 0 Å². The molecule has 0 radical (unpaired) electrons. The van der Waals surface area contributed by atoms with Crippen molar-refractivity contribution in [3.8, 4) is 0 Å². The molecule has 1 heterocycles. The summed E-state index contributed by atoms with van der Waals surface area (Å²) in [5.41, 5.74) is 1.20. The molecule has 126 valence electrons. The van der Waals surface area contributed by atoms with Crippen molar-refractivity contribution in [1.29, 1.82) is 0 Å². The van der Waals surface area contributed by atoms with Gasteiger partial charge in [0, 0.05) is 13.1 Å². The Morgan fingerprint density at radius 2 is 2.00 bits per heavy atom. The fraction of sp³-hybridized carbons (Fsp3) is 0.632. The predicted molar refractivity (Wildman–Crippen MR) is 91.1 cm³/mol. The van der Waals surface area contributed by atoms with Gasteiger partial charge in [0.05, 0.1) is 12.6 Å². The second kappa shape index (κ2) is 8.46. The molecule has 1 saturated heterocycles. The lowest BCUT2D eigenvalue weighted by atomic mass is 9.83. The predicted octanol–water partition coefficient (Wildman–Crippen LogP) is 2.80. The number of hydrogen-bond donors (Lipinski definition) is 2. The zero-order valence-corrected chi connectivity index (χ0v) is 13.8. The molecule has 23 heavy (non-hydrogen) atoms. The largest absolute Gasteiger partial charge is 0.366 e. The van der Waals surface area contributed by atoms with Crippen LogP contribution < -0.4 is 10.6 Å². The molecular weight excluding hydrogens is 288 g/mol. The first kappa shape index (κ1) is 16.5. The molecule has 1 saturated carbocycles. The van der Waals surface area contributed by atoms with E-state index in [9.17, 15) is 4.79 Å². The highest BCUT2D eigenvalue weighted by molar-refractivity contribution is 5.81. The third-order valence-electron chi connectivity index (χ3n) is 5.03. The van der Waals surface area contributed by atoms with E-state index in [1.165, 1.54) is 37.7 Å². The SMILES string of the molecule is O=C(NC(CC1CCCCC1)c1ccccc1)C1CNCCO1. The van der Waals surface area contributed by atoms with Crippen LogP contribution in [-0.2, 0) is 9.53 Å². The number of amides is 1. The maximum atomic E-state index is 12.5. The van der Waals surface area contributed by atoms with Gasteiger partial charge >= 0.3 is 0 Å².